The lowest BCUT2D eigenvalue weighted by molar-refractivity contribution is -0.386. The van der Waals surface area contributed by atoms with Crippen LogP contribution in [-0.4, -0.2) is 41.1 Å². The maximum atomic E-state index is 11.4. The van der Waals surface area contributed by atoms with Crippen LogP contribution in [0, 0.1) is 16.0 Å². The third kappa shape index (κ3) is 4.34. The van der Waals surface area contributed by atoms with Crippen LogP contribution in [0.1, 0.15) is 45.1 Å². The van der Waals surface area contributed by atoms with Gasteiger partial charge in [0.1, 0.15) is 6.20 Å². The van der Waals surface area contributed by atoms with Crippen molar-refractivity contribution in [3.63, 3.8) is 0 Å². The van der Waals surface area contributed by atoms with Crippen molar-refractivity contribution in [3.8, 4) is 5.88 Å². The fourth-order valence-electron chi connectivity index (χ4n) is 3.73. The Kier molecular flexibility index (Phi) is 6.05. The minimum absolute atomic E-state index is 0.0485. The van der Waals surface area contributed by atoms with E-state index in [4.69, 9.17) is 27.9 Å². The van der Waals surface area contributed by atoms with E-state index in [0.717, 1.165) is 25.7 Å². The molecule has 0 N–H and O–H groups in total. The van der Waals surface area contributed by atoms with Crippen molar-refractivity contribution in [2.75, 3.05) is 6.61 Å². The van der Waals surface area contributed by atoms with E-state index >= 15 is 0 Å². The highest BCUT2D eigenvalue weighted by Crippen LogP contribution is 2.34. The first-order chi connectivity index (χ1) is 14.4. The quantitative estimate of drug-likeness (QED) is 0.224. The standard InChI is InChI=1S/C18H21Cl2N7O3/c1-11-3-5-12(6-4-11)26-10-14(27(28)29)17(24-26)30-8-2-7-25-16-13(15(19)23-25)9-21-18(20)22-16/h9-12H,2-8H2,1H3. The molecule has 160 valence electrons. The van der Waals surface area contributed by atoms with Gasteiger partial charge in [-0.1, -0.05) is 18.5 Å². The molecule has 4 rings (SSSR count). The fourth-order valence-corrected chi connectivity index (χ4v) is 4.08. The Bertz CT molecular complexity index is 1060. The molecule has 0 bridgehead atoms. The molecule has 0 saturated heterocycles. The number of aromatic nitrogens is 6. The summed E-state index contributed by atoms with van der Waals surface area (Å²) in [5.41, 5.74) is 0.419. The summed E-state index contributed by atoms with van der Waals surface area (Å²) in [6.45, 7) is 2.91. The Balaban J connectivity index is 1.40. The second kappa shape index (κ2) is 8.73. The van der Waals surface area contributed by atoms with Gasteiger partial charge in [-0.25, -0.2) is 9.67 Å². The predicted molar refractivity (Wildman–Crippen MR) is 111 cm³/mol. The van der Waals surface area contributed by atoms with Crippen LogP contribution >= 0.6 is 23.2 Å². The molecule has 1 fully saturated rings. The molecule has 3 heterocycles. The second-order valence-corrected chi connectivity index (χ2v) is 8.26. The zero-order chi connectivity index (χ0) is 21.3. The van der Waals surface area contributed by atoms with Gasteiger partial charge in [0.15, 0.2) is 10.8 Å². The number of halogens is 2. The fraction of sp³-hybridized carbons (Fsp3) is 0.556. The molecule has 1 aliphatic rings. The third-order valence-electron chi connectivity index (χ3n) is 5.40. The molecule has 1 saturated carbocycles. The lowest BCUT2D eigenvalue weighted by atomic mass is 9.87. The van der Waals surface area contributed by atoms with Crippen LogP contribution in [0.15, 0.2) is 12.4 Å². The van der Waals surface area contributed by atoms with E-state index in [-0.39, 0.29) is 29.5 Å². The summed E-state index contributed by atoms with van der Waals surface area (Å²) >= 11 is 12.0. The Morgan fingerprint density at radius 3 is 2.77 bits per heavy atom. The van der Waals surface area contributed by atoms with Crippen molar-refractivity contribution in [2.24, 2.45) is 5.92 Å². The van der Waals surface area contributed by atoms with Gasteiger partial charge in [-0.05, 0) is 43.2 Å². The first-order valence-electron chi connectivity index (χ1n) is 9.83. The van der Waals surface area contributed by atoms with Crippen molar-refractivity contribution < 1.29 is 9.66 Å². The smallest absolute Gasteiger partial charge is 0.350 e. The molecule has 3 aromatic rings. The summed E-state index contributed by atoms with van der Waals surface area (Å²) in [6, 6.07) is 0.180. The van der Waals surface area contributed by atoms with E-state index in [9.17, 15) is 10.1 Å². The normalized spacial score (nSPS) is 19.3. The molecule has 30 heavy (non-hydrogen) atoms. The van der Waals surface area contributed by atoms with Crippen molar-refractivity contribution in [2.45, 2.75) is 51.6 Å². The summed E-state index contributed by atoms with van der Waals surface area (Å²) < 4.78 is 8.96. The summed E-state index contributed by atoms with van der Waals surface area (Å²) in [7, 11) is 0. The maximum Gasteiger partial charge on any atom is 0.350 e. The molecule has 3 aromatic heterocycles. The largest absolute Gasteiger partial charge is 0.472 e. The zero-order valence-electron chi connectivity index (χ0n) is 16.4. The second-order valence-electron chi connectivity index (χ2n) is 7.56. The highest BCUT2D eigenvalue weighted by Gasteiger charge is 2.27. The molecule has 0 aromatic carbocycles. The number of nitro groups is 1. The monoisotopic (exact) mass is 453 g/mol. The Morgan fingerprint density at radius 1 is 1.27 bits per heavy atom. The summed E-state index contributed by atoms with van der Waals surface area (Å²) in [5.74, 6) is 0.738. The predicted octanol–water partition coefficient (Wildman–Crippen LogP) is 4.46. The number of aryl methyl sites for hydroxylation is 1. The molecule has 0 aliphatic heterocycles. The molecule has 0 atom stereocenters. The van der Waals surface area contributed by atoms with Gasteiger partial charge >= 0.3 is 11.6 Å². The van der Waals surface area contributed by atoms with E-state index in [1.807, 2.05) is 0 Å². The number of nitrogens with zero attached hydrogens (tertiary/aromatic N) is 7. The van der Waals surface area contributed by atoms with E-state index in [1.165, 1.54) is 12.4 Å². The molecule has 10 nitrogen and oxygen atoms in total. The number of ether oxygens (including phenoxy) is 1. The van der Waals surface area contributed by atoms with Gasteiger partial charge in [-0.2, -0.15) is 10.1 Å². The van der Waals surface area contributed by atoms with Gasteiger partial charge in [0, 0.05) is 19.2 Å². The van der Waals surface area contributed by atoms with E-state index in [2.05, 4.69) is 27.1 Å². The lowest BCUT2D eigenvalue weighted by Crippen LogP contribution is -2.17. The molecule has 12 heteroatoms. The summed E-state index contributed by atoms with van der Waals surface area (Å²) in [6.07, 6.45) is 7.67. The maximum absolute atomic E-state index is 11.4. The number of hydrogen-bond donors (Lipinski definition) is 0. The highest BCUT2D eigenvalue weighted by atomic mass is 35.5. The van der Waals surface area contributed by atoms with Crippen molar-refractivity contribution >= 4 is 39.9 Å². The van der Waals surface area contributed by atoms with Gasteiger partial charge in [-0.3, -0.25) is 14.8 Å². The Morgan fingerprint density at radius 2 is 2.03 bits per heavy atom. The molecule has 0 radical (unpaired) electrons. The first-order valence-corrected chi connectivity index (χ1v) is 10.6. The Labute approximate surface area is 182 Å². The highest BCUT2D eigenvalue weighted by molar-refractivity contribution is 6.34. The van der Waals surface area contributed by atoms with Crippen LogP contribution in [0.4, 0.5) is 5.69 Å². The van der Waals surface area contributed by atoms with Gasteiger partial charge in [0.2, 0.25) is 5.28 Å². The molecular formula is C18H21Cl2N7O3. The number of fused-ring (bicyclic) bond motifs is 1. The first kappa shape index (κ1) is 20.8. The molecule has 0 spiro atoms. The summed E-state index contributed by atoms with van der Waals surface area (Å²) in [5, 5.41) is 21.0. The summed E-state index contributed by atoms with van der Waals surface area (Å²) in [4.78, 5) is 19.0. The third-order valence-corrected chi connectivity index (χ3v) is 5.86. The van der Waals surface area contributed by atoms with Gasteiger partial charge in [0.05, 0.1) is 23.0 Å². The van der Waals surface area contributed by atoms with Crippen LogP contribution in [0.25, 0.3) is 11.0 Å². The van der Waals surface area contributed by atoms with Crippen LogP contribution in [0.3, 0.4) is 0 Å². The zero-order valence-corrected chi connectivity index (χ0v) is 17.9. The average Bonchev–Trinajstić information content (AvgIpc) is 3.27. The van der Waals surface area contributed by atoms with Crippen LogP contribution in [0.5, 0.6) is 5.88 Å². The van der Waals surface area contributed by atoms with Gasteiger partial charge in [-0.15, -0.1) is 5.10 Å². The van der Waals surface area contributed by atoms with Crippen LogP contribution in [-0.2, 0) is 6.54 Å². The molecular weight excluding hydrogens is 433 g/mol. The van der Waals surface area contributed by atoms with E-state index in [0.29, 0.717) is 35.1 Å². The minimum atomic E-state index is -0.454. The molecule has 1 aliphatic carbocycles. The van der Waals surface area contributed by atoms with E-state index in [1.54, 1.807) is 9.36 Å². The number of hydrogen-bond acceptors (Lipinski definition) is 7. The van der Waals surface area contributed by atoms with E-state index < -0.39 is 4.92 Å². The van der Waals surface area contributed by atoms with Crippen LogP contribution in [0.2, 0.25) is 10.4 Å². The Hall–Kier alpha value is -2.46. The molecule has 0 unspecified atom stereocenters. The lowest BCUT2D eigenvalue weighted by Gasteiger charge is -2.25. The van der Waals surface area contributed by atoms with Crippen LogP contribution < -0.4 is 4.74 Å². The van der Waals surface area contributed by atoms with Crippen molar-refractivity contribution in [1.29, 1.82) is 0 Å². The van der Waals surface area contributed by atoms with Crippen molar-refractivity contribution in [1.82, 2.24) is 29.5 Å². The SMILES string of the molecule is CC1CCC(n2cc([N+](=O)[O-])c(OCCCn3nc(Cl)c4cnc(Cl)nc43)n2)CC1. The molecule has 0 amide bonds. The van der Waals surface area contributed by atoms with Gasteiger partial charge in [0.25, 0.3) is 0 Å². The van der Waals surface area contributed by atoms with Crippen molar-refractivity contribution in [3.05, 3.63) is 32.9 Å². The average molecular weight is 454 g/mol. The minimum Gasteiger partial charge on any atom is -0.472 e. The van der Waals surface area contributed by atoms with Gasteiger partial charge < -0.3 is 4.74 Å². The number of rotatable bonds is 7. The topological polar surface area (TPSA) is 114 Å².